The maximum Gasteiger partial charge on any atom is 0.220 e. The Balaban J connectivity index is 1.25. The molecule has 3 N–H and O–H groups in total. The molecule has 0 radical (unpaired) electrons. The molecule has 2 amide bonds. The van der Waals surface area contributed by atoms with Crippen molar-refractivity contribution in [3.8, 4) is 28.4 Å². The average molecular weight is 703 g/mol. The number of pyridine rings is 1. The van der Waals surface area contributed by atoms with Crippen LogP contribution in [0.25, 0.3) is 16.8 Å². The molecular formula is C37H46N6O6S. The predicted molar refractivity (Wildman–Crippen MR) is 197 cm³/mol. The highest BCUT2D eigenvalue weighted by Crippen LogP contribution is 2.50. The van der Waals surface area contributed by atoms with E-state index in [-0.39, 0.29) is 29.3 Å². The molecule has 2 aromatic heterocycles. The van der Waals surface area contributed by atoms with Gasteiger partial charge in [-0.3, -0.25) is 18.8 Å². The van der Waals surface area contributed by atoms with Gasteiger partial charge in [0.05, 0.1) is 39.1 Å². The van der Waals surface area contributed by atoms with Crippen LogP contribution in [0, 0.1) is 0 Å². The van der Waals surface area contributed by atoms with E-state index in [0.29, 0.717) is 60.7 Å². The molecule has 266 valence electrons. The number of unbranched alkanes of at least 4 members (excludes halogenated alkanes) is 2. The first kappa shape index (κ1) is 36.5. The molecule has 12 nitrogen and oxygen atoms in total. The molecule has 2 atom stereocenters. The quantitative estimate of drug-likeness (QED) is 0.128. The highest BCUT2D eigenvalue weighted by Gasteiger charge is 2.29. The summed E-state index contributed by atoms with van der Waals surface area (Å²) in [5.41, 5.74) is 4.29. The summed E-state index contributed by atoms with van der Waals surface area (Å²) in [6.45, 7) is 2.04. The molecule has 2 aromatic carbocycles. The minimum atomic E-state index is -0.375. The number of hydrogen-bond donors (Lipinski definition) is 3. The largest absolute Gasteiger partial charge is 0.493 e. The van der Waals surface area contributed by atoms with Crippen LogP contribution in [-0.4, -0.2) is 66.3 Å². The zero-order chi connectivity index (χ0) is 35.6. The van der Waals surface area contributed by atoms with Gasteiger partial charge in [-0.2, -0.15) is 11.8 Å². The number of nitrogens with zero attached hydrogens (tertiary/aromatic N) is 3. The summed E-state index contributed by atoms with van der Waals surface area (Å²) < 4.78 is 19.1. The number of benzene rings is 1. The zero-order valence-corrected chi connectivity index (χ0v) is 30.2. The predicted octanol–water partition coefficient (Wildman–Crippen LogP) is 5.49. The topological polar surface area (TPSA) is 145 Å². The Morgan fingerprint density at radius 1 is 1.02 bits per heavy atom. The molecule has 5 rings (SSSR count). The number of thioether (sulfide) groups is 1. The number of aromatic nitrogens is 3. The number of carbonyl (C=O) groups is 2. The molecular weight excluding hydrogens is 657 g/mol. The minimum Gasteiger partial charge on any atom is -0.493 e. The van der Waals surface area contributed by atoms with Gasteiger partial charge in [-0.1, -0.05) is 18.6 Å². The number of aryl methyl sites for hydroxylation is 1. The van der Waals surface area contributed by atoms with Crippen LogP contribution in [-0.2, 0) is 16.0 Å². The normalized spacial score (nSPS) is 14.1. The molecule has 1 aliphatic carbocycles. The van der Waals surface area contributed by atoms with Crippen molar-refractivity contribution in [1.82, 2.24) is 25.2 Å². The third-order valence-electron chi connectivity index (χ3n) is 8.91. The summed E-state index contributed by atoms with van der Waals surface area (Å²) >= 11 is 1.73. The summed E-state index contributed by atoms with van der Waals surface area (Å²) in [5.74, 6) is 2.94. The second kappa shape index (κ2) is 17.2. The van der Waals surface area contributed by atoms with Gasteiger partial charge in [0.15, 0.2) is 23.0 Å². The van der Waals surface area contributed by atoms with Gasteiger partial charge in [0.2, 0.25) is 23.0 Å². The Morgan fingerprint density at radius 2 is 1.84 bits per heavy atom. The van der Waals surface area contributed by atoms with Gasteiger partial charge in [0.25, 0.3) is 0 Å². The lowest BCUT2D eigenvalue weighted by atomic mass is 9.95. The van der Waals surface area contributed by atoms with Crippen molar-refractivity contribution in [2.45, 2.75) is 64.0 Å². The van der Waals surface area contributed by atoms with E-state index in [1.165, 1.54) is 6.92 Å². The van der Waals surface area contributed by atoms with E-state index in [0.717, 1.165) is 53.2 Å². The van der Waals surface area contributed by atoms with E-state index in [1.54, 1.807) is 45.2 Å². The fourth-order valence-corrected chi connectivity index (χ4v) is 7.00. The van der Waals surface area contributed by atoms with Gasteiger partial charge in [0, 0.05) is 31.6 Å². The van der Waals surface area contributed by atoms with E-state index in [1.807, 2.05) is 47.2 Å². The Labute approximate surface area is 296 Å². The lowest BCUT2D eigenvalue weighted by molar-refractivity contribution is -0.122. The van der Waals surface area contributed by atoms with E-state index >= 15 is 0 Å². The number of nitrogens with one attached hydrogen (secondary N) is 3. The third kappa shape index (κ3) is 8.32. The fourth-order valence-electron chi connectivity index (χ4n) is 6.53. The zero-order valence-electron chi connectivity index (χ0n) is 29.3. The molecule has 13 heteroatoms. The van der Waals surface area contributed by atoms with Crippen molar-refractivity contribution in [1.29, 1.82) is 0 Å². The van der Waals surface area contributed by atoms with E-state index < -0.39 is 0 Å². The Hall–Kier alpha value is -4.78. The van der Waals surface area contributed by atoms with Crippen molar-refractivity contribution in [2.24, 2.45) is 0 Å². The maximum absolute atomic E-state index is 13.6. The van der Waals surface area contributed by atoms with E-state index in [2.05, 4.69) is 26.1 Å². The highest BCUT2D eigenvalue weighted by atomic mass is 32.2. The number of fused-ring (bicyclic) bond motifs is 4. The van der Waals surface area contributed by atoms with Gasteiger partial charge < -0.3 is 30.2 Å². The highest BCUT2D eigenvalue weighted by molar-refractivity contribution is 7.98. The summed E-state index contributed by atoms with van der Waals surface area (Å²) in [6, 6.07) is 12.4. The van der Waals surface area contributed by atoms with Crippen molar-refractivity contribution in [3.05, 3.63) is 75.8 Å². The molecule has 0 fully saturated rings. The van der Waals surface area contributed by atoms with E-state index in [4.69, 9.17) is 14.2 Å². The Bertz CT molecular complexity index is 1880. The molecule has 50 heavy (non-hydrogen) atoms. The van der Waals surface area contributed by atoms with Crippen LogP contribution in [0.15, 0.2) is 53.5 Å². The van der Waals surface area contributed by atoms with Crippen LogP contribution in [0.5, 0.6) is 17.2 Å². The second-order valence-corrected chi connectivity index (χ2v) is 13.2. The lowest BCUT2D eigenvalue weighted by Crippen LogP contribution is -2.30. The van der Waals surface area contributed by atoms with Crippen LogP contribution in [0.1, 0.15) is 74.5 Å². The monoisotopic (exact) mass is 702 g/mol. The van der Waals surface area contributed by atoms with Gasteiger partial charge in [0.1, 0.15) is 0 Å². The van der Waals surface area contributed by atoms with E-state index in [9.17, 15) is 14.4 Å². The van der Waals surface area contributed by atoms with Gasteiger partial charge in [-0.25, -0.2) is 0 Å². The molecule has 0 saturated heterocycles. The molecule has 0 unspecified atom stereocenters. The van der Waals surface area contributed by atoms with Crippen molar-refractivity contribution >= 4 is 34.9 Å². The summed E-state index contributed by atoms with van der Waals surface area (Å²) in [5, 5.41) is 18.1. The first-order chi connectivity index (χ1) is 24.3. The molecule has 0 bridgehead atoms. The Kier molecular flexibility index (Phi) is 12.6. The fraction of sp³-hybridized carbons (Fsp3) is 0.432. The first-order valence-electron chi connectivity index (χ1n) is 16.9. The Morgan fingerprint density at radius 3 is 2.58 bits per heavy atom. The van der Waals surface area contributed by atoms with Crippen LogP contribution in [0.3, 0.4) is 0 Å². The average Bonchev–Trinajstić information content (AvgIpc) is 3.41. The van der Waals surface area contributed by atoms with Crippen molar-refractivity contribution in [3.63, 3.8) is 0 Å². The first-order valence-corrected chi connectivity index (χ1v) is 18.3. The van der Waals surface area contributed by atoms with Gasteiger partial charge in [-0.15, -0.1) is 10.2 Å². The maximum atomic E-state index is 13.6. The molecule has 4 aromatic rings. The SMILES string of the molecule is COc1cc2c(c(OC)c1OC)-c1ccc(NCCCCCC(=O)N[C@@H](CCSC)c3nnc4ccccn34)c(=O)cc1[C@@H](NC(C)=O)CC2. The molecule has 0 spiro atoms. The third-order valence-corrected chi connectivity index (χ3v) is 9.55. The smallest absolute Gasteiger partial charge is 0.220 e. The lowest BCUT2D eigenvalue weighted by Gasteiger charge is -2.19. The number of methoxy groups -OCH3 is 3. The van der Waals surface area contributed by atoms with Gasteiger partial charge >= 0.3 is 0 Å². The van der Waals surface area contributed by atoms with Crippen LogP contribution in [0.4, 0.5) is 5.69 Å². The van der Waals surface area contributed by atoms with Crippen molar-refractivity contribution < 1.29 is 23.8 Å². The minimum absolute atomic E-state index is 0.0196. The van der Waals surface area contributed by atoms with Gasteiger partial charge in [-0.05, 0) is 91.1 Å². The van der Waals surface area contributed by atoms with Crippen LogP contribution >= 0.6 is 11.8 Å². The number of carbonyl (C=O) groups excluding carboxylic acids is 2. The second-order valence-electron chi connectivity index (χ2n) is 12.2. The summed E-state index contributed by atoms with van der Waals surface area (Å²) in [6.07, 6.45) is 8.63. The molecule has 0 saturated carbocycles. The molecule has 1 aliphatic rings. The number of amides is 2. The number of ether oxygens (including phenoxy) is 3. The van der Waals surface area contributed by atoms with Crippen molar-refractivity contribution in [2.75, 3.05) is 45.2 Å². The molecule has 2 heterocycles. The van der Waals surface area contributed by atoms with Crippen LogP contribution in [0.2, 0.25) is 0 Å². The number of anilines is 1. The summed E-state index contributed by atoms with van der Waals surface area (Å²) in [4.78, 5) is 38.8. The number of hydrogen-bond acceptors (Lipinski definition) is 10. The standard InChI is InChI=1S/C37H46N6O6S/c1-23(44)39-27-15-13-24-21-31(47-2)35(48-3)36(49-4)34(24)25-14-16-28(30(45)22-26(25)27)38-18-9-6-7-12-33(46)40-29(17-20-50-5)37-42-41-32-11-8-10-19-43(32)37/h8,10-11,14,16,19,21-22,27,29H,6-7,9,12-13,15,17-18,20H2,1-5H3,(H,38,45)(H,39,44)(H,40,46)/t27-,29-/m0/s1. The van der Waals surface area contributed by atoms with Crippen LogP contribution < -0.4 is 35.6 Å². The summed E-state index contributed by atoms with van der Waals surface area (Å²) in [7, 11) is 4.72. The number of rotatable bonds is 16. The molecule has 0 aliphatic heterocycles.